The van der Waals surface area contributed by atoms with Gasteiger partial charge in [-0.15, -0.1) is 0 Å². The number of hydrogen-bond acceptors (Lipinski definition) is 6. The molecule has 3 amide bonds. The van der Waals surface area contributed by atoms with E-state index in [-0.39, 0.29) is 31.2 Å². The molecule has 39 heavy (non-hydrogen) atoms. The zero-order chi connectivity index (χ0) is 28.1. The molecule has 3 unspecified atom stereocenters. The van der Waals surface area contributed by atoms with E-state index in [4.69, 9.17) is 9.47 Å². The SMILES string of the molecule is COC(=O)C(Cc1ccc(OC)cc1)NC(=O)C1CC(NC(=O)c2cccn2C)CN1C(=O)c1cccn1C. The highest BCUT2D eigenvalue weighted by Gasteiger charge is 2.42. The van der Waals surface area contributed by atoms with Crippen LogP contribution in [0.15, 0.2) is 60.9 Å². The normalized spacial score (nSPS) is 17.4. The number of aryl methyl sites for hydroxylation is 2. The number of rotatable bonds is 9. The third-order valence-corrected chi connectivity index (χ3v) is 6.94. The van der Waals surface area contributed by atoms with Gasteiger partial charge in [0.2, 0.25) is 5.91 Å². The molecule has 1 saturated heterocycles. The molecule has 4 rings (SSSR count). The fourth-order valence-corrected chi connectivity index (χ4v) is 4.80. The largest absolute Gasteiger partial charge is 0.497 e. The maximum absolute atomic E-state index is 13.6. The molecular formula is C28H33N5O6. The molecule has 0 saturated carbocycles. The molecule has 0 aliphatic carbocycles. The number of amides is 3. The summed E-state index contributed by atoms with van der Waals surface area (Å²) < 4.78 is 13.5. The van der Waals surface area contributed by atoms with Crippen molar-refractivity contribution in [3.05, 3.63) is 77.9 Å². The first-order valence-electron chi connectivity index (χ1n) is 12.6. The van der Waals surface area contributed by atoms with Crippen LogP contribution in [0.5, 0.6) is 5.75 Å². The Morgan fingerprint density at radius 1 is 0.949 bits per heavy atom. The Balaban J connectivity index is 1.54. The van der Waals surface area contributed by atoms with Crippen molar-refractivity contribution in [2.45, 2.75) is 31.0 Å². The zero-order valence-electron chi connectivity index (χ0n) is 22.4. The van der Waals surface area contributed by atoms with Crippen molar-refractivity contribution in [2.75, 3.05) is 20.8 Å². The molecule has 1 aliphatic rings. The predicted molar refractivity (Wildman–Crippen MR) is 142 cm³/mol. The van der Waals surface area contributed by atoms with Crippen LogP contribution in [0.25, 0.3) is 0 Å². The van der Waals surface area contributed by atoms with Crippen LogP contribution in [0.4, 0.5) is 0 Å². The summed E-state index contributed by atoms with van der Waals surface area (Å²) >= 11 is 0. The Kier molecular flexibility index (Phi) is 8.38. The second-order valence-electron chi connectivity index (χ2n) is 9.52. The van der Waals surface area contributed by atoms with Gasteiger partial charge < -0.3 is 34.1 Å². The first-order valence-corrected chi connectivity index (χ1v) is 12.6. The van der Waals surface area contributed by atoms with Gasteiger partial charge in [0.1, 0.15) is 29.2 Å². The van der Waals surface area contributed by atoms with Crippen LogP contribution < -0.4 is 15.4 Å². The van der Waals surface area contributed by atoms with Crippen LogP contribution >= 0.6 is 0 Å². The number of carbonyl (C=O) groups excluding carboxylic acids is 4. The smallest absolute Gasteiger partial charge is 0.328 e. The molecule has 1 fully saturated rings. The number of nitrogens with zero attached hydrogens (tertiary/aromatic N) is 3. The summed E-state index contributed by atoms with van der Waals surface area (Å²) in [5, 5.41) is 5.73. The number of nitrogens with one attached hydrogen (secondary N) is 2. The van der Waals surface area contributed by atoms with Gasteiger partial charge in [0.05, 0.1) is 14.2 Å². The van der Waals surface area contributed by atoms with Gasteiger partial charge in [-0.05, 0) is 48.4 Å². The van der Waals surface area contributed by atoms with E-state index in [0.717, 1.165) is 5.56 Å². The Bertz CT molecular complexity index is 1340. The maximum Gasteiger partial charge on any atom is 0.328 e. The average molecular weight is 536 g/mol. The summed E-state index contributed by atoms with van der Waals surface area (Å²) in [5.74, 6) is -1.08. The Morgan fingerprint density at radius 3 is 2.15 bits per heavy atom. The minimum Gasteiger partial charge on any atom is -0.497 e. The van der Waals surface area contributed by atoms with E-state index < -0.39 is 30.0 Å². The van der Waals surface area contributed by atoms with E-state index in [1.54, 1.807) is 91.3 Å². The van der Waals surface area contributed by atoms with Gasteiger partial charge >= 0.3 is 5.97 Å². The van der Waals surface area contributed by atoms with E-state index in [1.807, 2.05) is 0 Å². The van der Waals surface area contributed by atoms with Crippen LogP contribution in [0.1, 0.15) is 33.0 Å². The number of hydrogen-bond donors (Lipinski definition) is 2. The van der Waals surface area contributed by atoms with Gasteiger partial charge in [-0.25, -0.2) is 4.79 Å². The monoisotopic (exact) mass is 535 g/mol. The van der Waals surface area contributed by atoms with Crippen molar-refractivity contribution < 1.29 is 28.7 Å². The van der Waals surface area contributed by atoms with Crippen molar-refractivity contribution in [1.82, 2.24) is 24.7 Å². The van der Waals surface area contributed by atoms with Crippen molar-refractivity contribution in [3.8, 4) is 5.75 Å². The van der Waals surface area contributed by atoms with E-state index in [9.17, 15) is 19.2 Å². The molecule has 1 aromatic carbocycles. The van der Waals surface area contributed by atoms with E-state index in [2.05, 4.69) is 10.6 Å². The summed E-state index contributed by atoms with van der Waals surface area (Å²) in [4.78, 5) is 54.0. The molecule has 0 radical (unpaired) electrons. The summed E-state index contributed by atoms with van der Waals surface area (Å²) in [6.45, 7) is 0.139. The summed E-state index contributed by atoms with van der Waals surface area (Å²) in [6.07, 6.45) is 3.89. The van der Waals surface area contributed by atoms with Gasteiger partial charge in [0.15, 0.2) is 0 Å². The van der Waals surface area contributed by atoms with Crippen LogP contribution in [-0.2, 0) is 34.8 Å². The minimum atomic E-state index is -0.972. The molecule has 1 aliphatic heterocycles. The zero-order valence-corrected chi connectivity index (χ0v) is 22.4. The minimum absolute atomic E-state index is 0.139. The lowest BCUT2D eigenvalue weighted by atomic mass is 10.0. The predicted octanol–water partition coefficient (Wildman–Crippen LogP) is 1.29. The van der Waals surface area contributed by atoms with Crippen LogP contribution in [0.2, 0.25) is 0 Å². The lowest BCUT2D eigenvalue weighted by Gasteiger charge is -2.26. The molecule has 3 heterocycles. The fourth-order valence-electron chi connectivity index (χ4n) is 4.80. The fraction of sp³-hybridized carbons (Fsp3) is 0.357. The van der Waals surface area contributed by atoms with Gasteiger partial charge in [-0.1, -0.05) is 12.1 Å². The molecule has 11 nitrogen and oxygen atoms in total. The van der Waals surface area contributed by atoms with Crippen molar-refractivity contribution in [1.29, 1.82) is 0 Å². The van der Waals surface area contributed by atoms with Crippen molar-refractivity contribution >= 4 is 23.7 Å². The number of esters is 1. The van der Waals surface area contributed by atoms with Crippen LogP contribution in [0, 0.1) is 0 Å². The van der Waals surface area contributed by atoms with Crippen LogP contribution in [0.3, 0.4) is 0 Å². The highest BCUT2D eigenvalue weighted by atomic mass is 16.5. The van der Waals surface area contributed by atoms with Crippen molar-refractivity contribution in [3.63, 3.8) is 0 Å². The quantitative estimate of drug-likeness (QED) is 0.398. The van der Waals surface area contributed by atoms with E-state index in [0.29, 0.717) is 17.1 Å². The summed E-state index contributed by atoms with van der Waals surface area (Å²) in [5.41, 5.74) is 1.67. The number of methoxy groups -OCH3 is 2. The van der Waals surface area contributed by atoms with E-state index >= 15 is 0 Å². The highest BCUT2D eigenvalue weighted by Crippen LogP contribution is 2.23. The number of likely N-dealkylation sites (tertiary alicyclic amines) is 1. The van der Waals surface area contributed by atoms with E-state index in [1.165, 1.54) is 12.0 Å². The molecule has 206 valence electrons. The maximum atomic E-state index is 13.6. The third kappa shape index (κ3) is 6.14. The molecule has 2 N–H and O–H groups in total. The Hall–Kier alpha value is -4.54. The standard InChI is InChI=1S/C28H33N5O6/c1-31-13-5-7-22(31)25(34)29-19-16-24(33(17-19)27(36)23-8-6-14-32(23)2)26(35)30-21(28(37)39-4)15-18-9-11-20(38-3)12-10-18/h5-14,19,21,24H,15-17H2,1-4H3,(H,29,34)(H,30,35). The first-order chi connectivity index (χ1) is 18.7. The molecule has 0 bridgehead atoms. The number of carbonyl (C=O) groups is 4. The second kappa shape index (κ2) is 11.9. The van der Waals surface area contributed by atoms with Crippen LogP contribution in [-0.4, -0.2) is 76.6 Å². The Labute approximate surface area is 226 Å². The molecule has 2 aromatic heterocycles. The number of aromatic nitrogens is 2. The van der Waals surface area contributed by atoms with Gasteiger partial charge in [-0.2, -0.15) is 0 Å². The highest BCUT2D eigenvalue weighted by molar-refractivity contribution is 5.98. The second-order valence-corrected chi connectivity index (χ2v) is 9.52. The first kappa shape index (κ1) is 27.5. The molecule has 3 atom stereocenters. The topological polar surface area (TPSA) is 124 Å². The molecular weight excluding hydrogens is 502 g/mol. The number of ether oxygens (including phenoxy) is 2. The third-order valence-electron chi connectivity index (χ3n) is 6.94. The Morgan fingerprint density at radius 2 is 1.59 bits per heavy atom. The lowest BCUT2D eigenvalue weighted by molar-refractivity contribution is -0.145. The van der Waals surface area contributed by atoms with Gasteiger partial charge in [0.25, 0.3) is 11.8 Å². The summed E-state index contributed by atoms with van der Waals surface area (Å²) in [6, 6.07) is 11.7. The average Bonchev–Trinajstić information content (AvgIpc) is 3.67. The molecule has 0 spiro atoms. The van der Waals surface area contributed by atoms with Crippen molar-refractivity contribution in [2.24, 2.45) is 14.1 Å². The van der Waals surface area contributed by atoms with Gasteiger partial charge in [0, 0.05) is 45.5 Å². The lowest BCUT2D eigenvalue weighted by Crippen LogP contribution is -2.52. The number of benzene rings is 1. The van der Waals surface area contributed by atoms with Gasteiger partial charge in [-0.3, -0.25) is 14.4 Å². The molecule has 11 heteroatoms. The summed E-state index contributed by atoms with van der Waals surface area (Å²) in [7, 11) is 6.33. The molecule has 3 aromatic rings.